The highest BCUT2D eigenvalue weighted by Crippen LogP contribution is 2.50. The van der Waals surface area contributed by atoms with E-state index >= 15 is 0 Å². The van der Waals surface area contributed by atoms with E-state index in [2.05, 4.69) is 10.6 Å². The third-order valence-corrected chi connectivity index (χ3v) is 4.56. The van der Waals surface area contributed by atoms with Crippen molar-refractivity contribution < 1.29 is 18.3 Å². The SMILES string of the molecule is COc1ccccc1C1(CNC(=O)C2CC(F)(F)CN2)CC1.Cl. The second-order valence-corrected chi connectivity index (χ2v) is 6.19. The summed E-state index contributed by atoms with van der Waals surface area (Å²) in [5.41, 5.74) is 0.950. The minimum atomic E-state index is -2.79. The van der Waals surface area contributed by atoms with Gasteiger partial charge in [0.05, 0.1) is 19.7 Å². The van der Waals surface area contributed by atoms with Crippen LogP contribution in [0, 0.1) is 0 Å². The van der Waals surface area contributed by atoms with E-state index in [0.717, 1.165) is 24.2 Å². The number of methoxy groups -OCH3 is 1. The van der Waals surface area contributed by atoms with Crippen molar-refractivity contribution in [3.05, 3.63) is 29.8 Å². The molecule has 2 aliphatic rings. The van der Waals surface area contributed by atoms with Crippen LogP contribution in [0.5, 0.6) is 5.75 Å². The number of ether oxygens (including phenoxy) is 1. The molecular weight excluding hydrogens is 326 g/mol. The number of para-hydroxylation sites is 1. The van der Waals surface area contributed by atoms with E-state index in [1.54, 1.807) is 7.11 Å². The highest BCUT2D eigenvalue weighted by Gasteiger charge is 2.47. The third-order valence-electron chi connectivity index (χ3n) is 4.56. The molecule has 0 spiro atoms. The second-order valence-electron chi connectivity index (χ2n) is 6.19. The van der Waals surface area contributed by atoms with Crippen LogP contribution in [-0.4, -0.2) is 38.1 Å². The number of rotatable bonds is 5. The molecule has 2 fully saturated rings. The van der Waals surface area contributed by atoms with E-state index < -0.39 is 24.9 Å². The fourth-order valence-corrected chi connectivity index (χ4v) is 3.06. The molecule has 1 saturated heterocycles. The standard InChI is InChI=1S/C16H20F2N2O2.ClH/c1-22-13-5-3-2-4-11(13)15(6-7-15)9-20-14(21)12-8-16(17,18)10-19-12;/h2-5,12,19H,6-10H2,1H3,(H,20,21);1H. The van der Waals surface area contributed by atoms with Gasteiger partial charge in [-0.1, -0.05) is 18.2 Å². The Hall–Kier alpha value is -1.40. The van der Waals surface area contributed by atoms with E-state index in [-0.39, 0.29) is 23.7 Å². The van der Waals surface area contributed by atoms with Crippen LogP contribution in [0.1, 0.15) is 24.8 Å². The molecule has 128 valence electrons. The highest BCUT2D eigenvalue weighted by atomic mass is 35.5. The minimum absolute atomic E-state index is 0. The van der Waals surface area contributed by atoms with Crippen molar-refractivity contribution in [2.24, 2.45) is 0 Å². The van der Waals surface area contributed by atoms with E-state index in [0.29, 0.717) is 6.54 Å². The topological polar surface area (TPSA) is 50.4 Å². The molecule has 0 radical (unpaired) electrons. The van der Waals surface area contributed by atoms with Gasteiger partial charge < -0.3 is 10.1 Å². The molecule has 23 heavy (non-hydrogen) atoms. The zero-order valence-electron chi connectivity index (χ0n) is 12.9. The Morgan fingerprint density at radius 2 is 2.09 bits per heavy atom. The van der Waals surface area contributed by atoms with Crippen LogP contribution >= 0.6 is 12.4 Å². The molecule has 0 bridgehead atoms. The van der Waals surface area contributed by atoms with Crippen molar-refractivity contribution in [2.45, 2.75) is 36.6 Å². The Labute approximate surface area is 140 Å². The Morgan fingerprint density at radius 3 is 2.65 bits per heavy atom. The Balaban J connectivity index is 0.00000192. The molecule has 1 amide bonds. The number of hydrogen-bond acceptors (Lipinski definition) is 3. The van der Waals surface area contributed by atoms with Gasteiger partial charge in [0.1, 0.15) is 5.75 Å². The van der Waals surface area contributed by atoms with Crippen molar-refractivity contribution >= 4 is 18.3 Å². The molecule has 1 unspecified atom stereocenters. The molecule has 1 aliphatic heterocycles. The largest absolute Gasteiger partial charge is 0.496 e. The molecule has 2 N–H and O–H groups in total. The molecule has 0 aromatic heterocycles. The predicted molar refractivity (Wildman–Crippen MR) is 85.5 cm³/mol. The van der Waals surface area contributed by atoms with Gasteiger partial charge in [-0.3, -0.25) is 10.1 Å². The molecule has 1 saturated carbocycles. The monoisotopic (exact) mass is 346 g/mol. The predicted octanol–water partition coefficient (Wildman–Crippen LogP) is 2.26. The number of nitrogens with one attached hydrogen (secondary N) is 2. The van der Waals surface area contributed by atoms with Gasteiger partial charge in [-0.05, 0) is 18.9 Å². The van der Waals surface area contributed by atoms with Gasteiger partial charge in [0, 0.05) is 23.9 Å². The second kappa shape index (κ2) is 6.61. The molecule has 3 rings (SSSR count). The van der Waals surface area contributed by atoms with Crippen LogP contribution in [0.4, 0.5) is 8.78 Å². The Morgan fingerprint density at radius 1 is 1.39 bits per heavy atom. The first kappa shape index (κ1) is 17.9. The molecule has 1 aliphatic carbocycles. The number of amides is 1. The van der Waals surface area contributed by atoms with Crippen LogP contribution in [0.15, 0.2) is 24.3 Å². The smallest absolute Gasteiger partial charge is 0.262 e. The third kappa shape index (κ3) is 3.75. The van der Waals surface area contributed by atoms with Crippen molar-refractivity contribution in [2.75, 3.05) is 20.2 Å². The van der Waals surface area contributed by atoms with Crippen molar-refractivity contribution in [1.82, 2.24) is 10.6 Å². The number of carbonyl (C=O) groups is 1. The quantitative estimate of drug-likeness (QED) is 0.860. The molecule has 1 aromatic carbocycles. The highest BCUT2D eigenvalue weighted by molar-refractivity contribution is 5.85. The van der Waals surface area contributed by atoms with E-state index in [9.17, 15) is 13.6 Å². The van der Waals surface area contributed by atoms with Gasteiger partial charge >= 0.3 is 0 Å². The van der Waals surface area contributed by atoms with Crippen LogP contribution in [-0.2, 0) is 10.2 Å². The van der Waals surface area contributed by atoms with Gasteiger partial charge in [0.2, 0.25) is 5.91 Å². The lowest BCUT2D eigenvalue weighted by Gasteiger charge is -2.20. The number of carbonyl (C=O) groups excluding carboxylic acids is 1. The molecular formula is C16H21ClF2N2O2. The Kier molecular flexibility index (Phi) is 5.16. The first-order chi connectivity index (χ1) is 10.5. The summed E-state index contributed by atoms with van der Waals surface area (Å²) < 4.78 is 31.7. The summed E-state index contributed by atoms with van der Waals surface area (Å²) in [7, 11) is 1.62. The summed E-state index contributed by atoms with van der Waals surface area (Å²) in [4.78, 5) is 12.1. The average molecular weight is 347 g/mol. The van der Waals surface area contributed by atoms with Gasteiger partial charge in [-0.15, -0.1) is 12.4 Å². The van der Waals surface area contributed by atoms with Crippen LogP contribution in [0.2, 0.25) is 0 Å². The zero-order chi connectivity index (χ0) is 15.8. The molecule has 1 atom stereocenters. The summed E-state index contributed by atoms with van der Waals surface area (Å²) >= 11 is 0. The van der Waals surface area contributed by atoms with Gasteiger partial charge in [-0.2, -0.15) is 0 Å². The van der Waals surface area contributed by atoms with E-state index in [1.807, 2.05) is 24.3 Å². The number of halogens is 3. The number of alkyl halides is 2. The fourth-order valence-electron chi connectivity index (χ4n) is 3.06. The maximum Gasteiger partial charge on any atom is 0.262 e. The van der Waals surface area contributed by atoms with Crippen molar-refractivity contribution in [3.63, 3.8) is 0 Å². The van der Waals surface area contributed by atoms with Crippen molar-refractivity contribution in [1.29, 1.82) is 0 Å². The summed E-state index contributed by atoms with van der Waals surface area (Å²) in [5, 5.41) is 5.40. The maximum absolute atomic E-state index is 13.1. The van der Waals surface area contributed by atoms with E-state index in [1.165, 1.54) is 0 Å². The van der Waals surface area contributed by atoms with Crippen LogP contribution in [0.25, 0.3) is 0 Å². The average Bonchev–Trinajstić information content (AvgIpc) is 3.21. The van der Waals surface area contributed by atoms with Crippen molar-refractivity contribution in [3.8, 4) is 5.75 Å². The van der Waals surface area contributed by atoms with Gasteiger partial charge in [0.15, 0.2) is 0 Å². The molecule has 4 nitrogen and oxygen atoms in total. The Bertz CT molecular complexity index is 579. The normalized spacial score (nSPS) is 23.7. The van der Waals surface area contributed by atoms with Crippen LogP contribution < -0.4 is 15.4 Å². The lowest BCUT2D eigenvalue weighted by Crippen LogP contribution is -2.43. The van der Waals surface area contributed by atoms with E-state index in [4.69, 9.17) is 4.74 Å². The number of benzene rings is 1. The lowest BCUT2D eigenvalue weighted by atomic mass is 9.94. The summed E-state index contributed by atoms with van der Waals surface area (Å²) in [6.45, 7) is 0.0265. The maximum atomic E-state index is 13.1. The number of hydrogen-bond donors (Lipinski definition) is 2. The van der Waals surface area contributed by atoms with Crippen LogP contribution in [0.3, 0.4) is 0 Å². The minimum Gasteiger partial charge on any atom is -0.496 e. The lowest BCUT2D eigenvalue weighted by molar-refractivity contribution is -0.123. The summed E-state index contributed by atoms with van der Waals surface area (Å²) in [6.07, 6.45) is 1.49. The first-order valence-corrected chi connectivity index (χ1v) is 7.48. The van der Waals surface area contributed by atoms with Gasteiger partial charge in [-0.25, -0.2) is 8.78 Å². The first-order valence-electron chi connectivity index (χ1n) is 7.48. The summed E-state index contributed by atoms with van der Waals surface area (Å²) in [6, 6.07) is 6.94. The molecule has 1 heterocycles. The molecule has 1 aromatic rings. The fraction of sp³-hybridized carbons (Fsp3) is 0.562. The zero-order valence-corrected chi connectivity index (χ0v) is 13.7. The summed E-state index contributed by atoms with van der Waals surface area (Å²) in [5.74, 6) is -2.33. The van der Waals surface area contributed by atoms with Gasteiger partial charge in [0.25, 0.3) is 5.92 Å². The molecule has 7 heteroatoms.